The zero-order chi connectivity index (χ0) is 8.81. The molecule has 0 radical (unpaired) electrons. The van der Waals surface area contributed by atoms with E-state index in [4.69, 9.17) is 0 Å². The van der Waals surface area contributed by atoms with Gasteiger partial charge in [-0.2, -0.15) is 11.8 Å². The highest BCUT2D eigenvalue weighted by atomic mass is 32.2. The molecule has 1 unspecified atom stereocenters. The van der Waals surface area contributed by atoms with Crippen molar-refractivity contribution in [1.82, 2.24) is 5.32 Å². The molecule has 0 spiro atoms. The molecule has 0 saturated carbocycles. The summed E-state index contributed by atoms with van der Waals surface area (Å²) in [4.78, 5) is 0. The van der Waals surface area contributed by atoms with Crippen LogP contribution in [0.4, 0.5) is 0 Å². The number of rotatable bonds is 4. The maximum Gasteiger partial charge on any atom is 0.0172 e. The van der Waals surface area contributed by atoms with Crippen LogP contribution in [-0.4, -0.2) is 24.1 Å². The van der Waals surface area contributed by atoms with Crippen LogP contribution < -0.4 is 5.32 Å². The van der Waals surface area contributed by atoms with Gasteiger partial charge in [0.15, 0.2) is 0 Å². The molecule has 0 aromatic rings. The van der Waals surface area contributed by atoms with Crippen LogP contribution >= 0.6 is 11.8 Å². The SMILES string of the molecule is C=C(C)CNCC1CCCCS1. The molecule has 0 aliphatic carbocycles. The first-order valence-corrected chi connectivity index (χ1v) is 5.80. The first-order chi connectivity index (χ1) is 5.79. The Hall–Kier alpha value is 0.0500. The average Bonchev–Trinajstić information content (AvgIpc) is 2.05. The number of hydrogen-bond acceptors (Lipinski definition) is 2. The van der Waals surface area contributed by atoms with Crippen molar-refractivity contribution < 1.29 is 0 Å². The van der Waals surface area contributed by atoms with E-state index < -0.39 is 0 Å². The summed E-state index contributed by atoms with van der Waals surface area (Å²) in [5.74, 6) is 1.36. The highest BCUT2D eigenvalue weighted by molar-refractivity contribution is 7.99. The zero-order valence-corrected chi connectivity index (χ0v) is 8.75. The lowest BCUT2D eigenvalue weighted by molar-refractivity contribution is 0.614. The van der Waals surface area contributed by atoms with Crippen molar-refractivity contribution in [2.45, 2.75) is 31.4 Å². The third-order valence-electron chi connectivity index (χ3n) is 2.07. The van der Waals surface area contributed by atoms with Gasteiger partial charge < -0.3 is 5.32 Å². The van der Waals surface area contributed by atoms with E-state index in [1.807, 2.05) is 0 Å². The second kappa shape index (κ2) is 5.65. The molecule has 70 valence electrons. The normalized spacial score (nSPS) is 23.9. The van der Waals surface area contributed by atoms with Crippen molar-refractivity contribution in [2.24, 2.45) is 0 Å². The van der Waals surface area contributed by atoms with Crippen molar-refractivity contribution in [2.75, 3.05) is 18.8 Å². The van der Waals surface area contributed by atoms with Crippen molar-refractivity contribution in [3.8, 4) is 0 Å². The van der Waals surface area contributed by atoms with E-state index in [9.17, 15) is 0 Å². The zero-order valence-electron chi connectivity index (χ0n) is 7.94. The second-order valence-electron chi connectivity index (χ2n) is 3.58. The summed E-state index contributed by atoms with van der Waals surface area (Å²) in [6.07, 6.45) is 4.24. The molecule has 1 saturated heterocycles. The second-order valence-corrected chi connectivity index (χ2v) is 4.98. The van der Waals surface area contributed by atoms with Gasteiger partial charge in [0, 0.05) is 18.3 Å². The number of hydrogen-bond donors (Lipinski definition) is 1. The lowest BCUT2D eigenvalue weighted by Gasteiger charge is -2.21. The van der Waals surface area contributed by atoms with Gasteiger partial charge in [0.05, 0.1) is 0 Å². The van der Waals surface area contributed by atoms with Crippen molar-refractivity contribution in [1.29, 1.82) is 0 Å². The third kappa shape index (κ3) is 4.17. The van der Waals surface area contributed by atoms with Gasteiger partial charge in [-0.25, -0.2) is 0 Å². The Labute approximate surface area is 80.0 Å². The van der Waals surface area contributed by atoms with Crippen LogP contribution in [0, 0.1) is 0 Å². The Kier molecular flexibility index (Phi) is 4.77. The molecule has 12 heavy (non-hydrogen) atoms. The van der Waals surface area contributed by atoms with Crippen LogP contribution in [-0.2, 0) is 0 Å². The van der Waals surface area contributed by atoms with Crippen LogP contribution in [0.15, 0.2) is 12.2 Å². The molecule has 0 amide bonds. The number of thioether (sulfide) groups is 1. The van der Waals surface area contributed by atoms with Crippen LogP contribution in [0.5, 0.6) is 0 Å². The molecule has 0 aromatic carbocycles. The third-order valence-corrected chi connectivity index (χ3v) is 3.47. The lowest BCUT2D eigenvalue weighted by Crippen LogP contribution is -2.27. The van der Waals surface area contributed by atoms with Crippen molar-refractivity contribution >= 4 is 11.8 Å². The Morgan fingerprint density at radius 1 is 1.58 bits per heavy atom. The van der Waals surface area contributed by atoms with Crippen LogP contribution in [0.3, 0.4) is 0 Å². The van der Waals surface area contributed by atoms with Gasteiger partial charge >= 0.3 is 0 Å². The quantitative estimate of drug-likeness (QED) is 0.675. The summed E-state index contributed by atoms with van der Waals surface area (Å²) in [5, 5.41) is 4.29. The first kappa shape index (κ1) is 10.1. The largest absolute Gasteiger partial charge is 0.312 e. The van der Waals surface area contributed by atoms with E-state index in [2.05, 4.69) is 30.6 Å². The summed E-state index contributed by atoms with van der Waals surface area (Å²) < 4.78 is 0. The fraction of sp³-hybridized carbons (Fsp3) is 0.800. The van der Waals surface area contributed by atoms with Crippen LogP contribution in [0.2, 0.25) is 0 Å². The van der Waals surface area contributed by atoms with Gasteiger partial charge in [-0.1, -0.05) is 18.6 Å². The molecular formula is C10H19NS. The molecule has 1 aliphatic rings. The molecule has 1 N–H and O–H groups in total. The van der Waals surface area contributed by atoms with Gasteiger partial charge in [-0.05, 0) is 25.5 Å². The molecule has 1 rings (SSSR count). The fourth-order valence-electron chi connectivity index (χ4n) is 1.41. The minimum atomic E-state index is 0.859. The molecule has 1 atom stereocenters. The summed E-state index contributed by atoms with van der Waals surface area (Å²) in [7, 11) is 0. The van der Waals surface area contributed by atoms with E-state index in [0.717, 1.165) is 18.3 Å². The van der Waals surface area contributed by atoms with E-state index in [0.29, 0.717) is 0 Å². The van der Waals surface area contributed by atoms with E-state index in [1.165, 1.54) is 30.6 Å². The maximum atomic E-state index is 3.87. The van der Waals surface area contributed by atoms with Gasteiger partial charge in [0.1, 0.15) is 0 Å². The predicted molar refractivity (Wildman–Crippen MR) is 57.8 cm³/mol. The summed E-state index contributed by atoms with van der Waals surface area (Å²) >= 11 is 2.12. The minimum absolute atomic E-state index is 0.859. The average molecular weight is 185 g/mol. The summed E-state index contributed by atoms with van der Waals surface area (Å²) in [5.41, 5.74) is 1.23. The monoisotopic (exact) mass is 185 g/mol. The van der Waals surface area contributed by atoms with Gasteiger partial charge in [-0.3, -0.25) is 0 Å². The van der Waals surface area contributed by atoms with E-state index in [-0.39, 0.29) is 0 Å². The molecule has 1 nitrogen and oxygen atoms in total. The molecular weight excluding hydrogens is 166 g/mol. The smallest absolute Gasteiger partial charge is 0.0172 e. The van der Waals surface area contributed by atoms with Crippen LogP contribution in [0.1, 0.15) is 26.2 Å². The molecule has 2 heteroatoms. The number of nitrogens with one attached hydrogen (secondary N) is 1. The Morgan fingerprint density at radius 3 is 3.00 bits per heavy atom. The minimum Gasteiger partial charge on any atom is -0.312 e. The Balaban J connectivity index is 2.01. The van der Waals surface area contributed by atoms with Crippen LogP contribution in [0.25, 0.3) is 0 Å². The highest BCUT2D eigenvalue weighted by Crippen LogP contribution is 2.24. The van der Waals surface area contributed by atoms with Gasteiger partial charge in [0.25, 0.3) is 0 Å². The predicted octanol–water partition coefficient (Wildman–Crippen LogP) is 2.44. The molecule has 0 aromatic heterocycles. The van der Waals surface area contributed by atoms with Crippen molar-refractivity contribution in [3.63, 3.8) is 0 Å². The van der Waals surface area contributed by atoms with E-state index in [1.54, 1.807) is 0 Å². The van der Waals surface area contributed by atoms with Gasteiger partial charge in [-0.15, -0.1) is 0 Å². The molecule has 1 heterocycles. The molecule has 1 aliphatic heterocycles. The first-order valence-electron chi connectivity index (χ1n) is 4.76. The maximum absolute atomic E-state index is 3.87. The molecule has 0 bridgehead atoms. The van der Waals surface area contributed by atoms with E-state index >= 15 is 0 Å². The topological polar surface area (TPSA) is 12.0 Å². The standard InChI is InChI=1S/C10H19NS/c1-9(2)7-11-8-10-5-3-4-6-12-10/h10-11H,1,3-8H2,2H3. The highest BCUT2D eigenvalue weighted by Gasteiger charge is 2.12. The van der Waals surface area contributed by atoms with Gasteiger partial charge in [0.2, 0.25) is 0 Å². The summed E-state index contributed by atoms with van der Waals surface area (Å²) in [6.45, 7) is 8.09. The molecule has 1 fully saturated rings. The van der Waals surface area contributed by atoms with Crippen molar-refractivity contribution in [3.05, 3.63) is 12.2 Å². The fourth-order valence-corrected chi connectivity index (χ4v) is 2.69. The Bertz CT molecular complexity index is 139. The summed E-state index contributed by atoms with van der Waals surface area (Å²) in [6, 6.07) is 0. The Morgan fingerprint density at radius 2 is 2.42 bits per heavy atom. The lowest BCUT2D eigenvalue weighted by atomic mass is 10.2.